The first kappa shape index (κ1) is 15.3. The summed E-state index contributed by atoms with van der Waals surface area (Å²) in [6.07, 6.45) is 2.96. The van der Waals surface area contributed by atoms with Gasteiger partial charge in [-0.25, -0.2) is 4.98 Å². The molecule has 1 aromatic heterocycles. The van der Waals surface area contributed by atoms with E-state index >= 15 is 0 Å². The minimum Gasteiger partial charge on any atom is -0.370 e. The van der Waals surface area contributed by atoms with E-state index in [-0.39, 0.29) is 17.6 Å². The number of nitrogens with one attached hydrogen (secondary N) is 2. The number of carbonyl (C=O) groups is 1. The van der Waals surface area contributed by atoms with Gasteiger partial charge in [0.2, 0.25) is 11.1 Å². The summed E-state index contributed by atoms with van der Waals surface area (Å²) in [5.74, 6) is 1.09. The minimum absolute atomic E-state index is 0.00492. The van der Waals surface area contributed by atoms with Gasteiger partial charge in [-0.1, -0.05) is 18.7 Å². The molecule has 1 aromatic rings. The number of H-pyrrole nitrogens is 1. The zero-order valence-corrected chi connectivity index (χ0v) is 13.0. The Morgan fingerprint density at radius 3 is 3.05 bits per heavy atom. The second-order valence-electron chi connectivity index (χ2n) is 5.58. The predicted octanol–water partition coefficient (Wildman–Crippen LogP) is 2.05. The summed E-state index contributed by atoms with van der Waals surface area (Å²) in [6, 6.07) is 0. The minimum atomic E-state index is -0.167. The predicted molar refractivity (Wildman–Crippen MR) is 77.5 cm³/mol. The number of aromatic amines is 1. The third-order valence-electron chi connectivity index (χ3n) is 3.41. The van der Waals surface area contributed by atoms with Crippen LogP contribution in [0.2, 0.25) is 0 Å². The first-order valence-corrected chi connectivity index (χ1v) is 7.96. The summed E-state index contributed by atoms with van der Waals surface area (Å²) in [7, 11) is 0. The molecule has 1 fully saturated rings. The Hall–Kier alpha value is -1.08. The topological polar surface area (TPSA) is 79.9 Å². The number of hydrogen-bond donors (Lipinski definition) is 2. The fraction of sp³-hybridized carbons (Fsp3) is 0.769. The molecule has 2 heterocycles. The molecule has 1 saturated heterocycles. The highest BCUT2D eigenvalue weighted by atomic mass is 32.2. The van der Waals surface area contributed by atoms with E-state index in [1.54, 1.807) is 0 Å². The molecule has 7 heteroatoms. The zero-order valence-electron chi connectivity index (χ0n) is 12.2. The van der Waals surface area contributed by atoms with Crippen LogP contribution >= 0.6 is 11.8 Å². The van der Waals surface area contributed by atoms with Crippen LogP contribution in [0.5, 0.6) is 0 Å². The van der Waals surface area contributed by atoms with Crippen LogP contribution in [0, 0.1) is 0 Å². The van der Waals surface area contributed by atoms with E-state index in [9.17, 15) is 4.79 Å². The van der Waals surface area contributed by atoms with Crippen molar-refractivity contribution in [3.63, 3.8) is 0 Å². The van der Waals surface area contributed by atoms with Gasteiger partial charge in [0.25, 0.3) is 0 Å². The Balaban J connectivity index is 1.80. The zero-order chi connectivity index (χ0) is 14.6. The molecule has 1 amide bonds. The van der Waals surface area contributed by atoms with E-state index in [0.29, 0.717) is 10.9 Å². The van der Waals surface area contributed by atoms with E-state index in [2.05, 4.69) is 27.4 Å². The van der Waals surface area contributed by atoms with Gasteiger partial charge in [-0.05, 0) is 33.1 Å². The van der Waals surface area contributed by atoms with E-state index < -0.39 is 0 Å². The Morgan fingerprint density at radius 1 is 1.60 bits per heavy atom. The van der Waals surface area contributed by atoms with Crippen molar-refractivity contribution in [2.24, 2.45) is 0 Å². The molecule has 2 rings (SSSR count). The third kappa shape index (κ3) is 4.21. The van der Waals surface area contributed by atoms with E-state index in [1.807, 2.05) is 13.8 Å². The summed E-state index contributed by atoms with van der Waals surface area (Å²) >= 11 is 1.34. The van der Waals surface area contributed by atoms with Crippen molar-refractivity contribution in [1.82, 2.24) is 20.5 Å². The van der Waals surface area contributed by atoms with Gasteiger partial charge in [0.1, 0.15) is 6.10 Å². The van der Waals surface area contributed by atoms with Crippen LogP contribution in [0.15, 0.2) is 5.16 Å². The maximum atomic E-state index is 11.8. The number of hydrogen-bond acceptors (Lipinski definition) is 5. The van der Waals surface area contributed by atoms with Crippen LogP contribution in [-0.2, 0) is 9.53 Å². The highest BCUT2D eigenvalue weighted by Crippen LogP contribution is 2.26. The quantitative estimate of drug-likeness (QED) is 0.786. The number of nitrogens with zero attached hydrogens (tertiary/aromatic N) is 2. The number of amides is 1. The molecule has 1 atom stereocenters. The molecule has 1 aliphatic rings. The monoisotopic (exact) mass is 298 g/mol. The number of aromatic nitrogens is 3. The molecule has 0 aliphatic carbocycles. The Labute approximate surface area is 123 Å². The lowest BCUT2D eigenvalue weighted by Crippen LogP contribution is -2.43. The second-order valence-corrected chi connectivity index (χ2v) is 6.52. The lowest BCUT2D eigenvalue weighted by molar-refractivity contribution is -0.120. The van der Waals surface area contributed by atoms with Crippen LogP contribution in [0.3, 0.4) is 0 Å². The fourth-order valence-electron chi connectivity index (χ4n) is 1.89. The van der Waals surface area contributed by atoms with Crippen LogP contribution in [0.4, 0.5) is 0 Å². The van der Waals surface area contributed by atoms with Gasteiger partial charge >= 0.3 is 0 Å². The van der Waals surface area contributed by atoms with Gasteiger partial charge in [-0.15, -0.1) is 5.10 Å². The molecule has 0 spiro atoms. The maximum absolute atomic E-state index is 11.8. The van der Waals surface area contributed by atoms with Gasteiger partial charge in [0.05, 0.1) is 5.75 Å². The summed E-state index contributed by atoms with van der Waals surface area (Å²) in [6.45, 7) is 6.86. The van der Waals surface area contributed by atoms with Crippen molar-refractivity contribution >= 4 is 17.7 Å². The molecule has 0 aromatic carbocycles. The lowest BCUT2D eigenvalue weighted by atomic mass is 10.0. The first-order valence-electron chi connectivity index (χ1n) is 6.98. The molecule has 2 N–H and O–H groups in total. The van der Waals surface area contributed by atoms with E-state index in [1.165, 1.54) is 11.8 Å². The Bertz CT molecular complexity index is 455. The van der Waals surface area contributed by atoms with E-state index in [4.69, 9.17) is 4.74 Å². The smallest absolute Gasteiger partial charge is 0.230 e. The van der Waals surface area contributed by atoms with Crippen molar-refractivity contribution in [2.45, 2.75) is 56.8 Å². The Morgan fingerprint density at radius 2 is 2.40 bits per heavy atom. The van der Waals surface area contributed by atoms with Crippen LogP contribution in [0.25, 0.3) is 0 Å². The van der Waals surface area contributed by atoms with Crippen molar-refractivity contribution in [3.8, 4) is 0 Å². The molecule has 0 bridgehead atoms. The van der Waals surface area contributed by atoms with Crippen LogP contribution in [0.1, 0.15) is 52.0 Å². The SMILES string of the molecule is CCC(C)(C)NC(=O)CSc1n[nH]c([C@H]2CCCO2)n1. The summed E-state index contributed by atoms with van der Waals surface area (Å²) in [5, 5.41) is 10.6. The average molecular weight is 298 g/mol. The van der Waals surface area contributed by atoms with Crippen molar-refractivity contribution in [2.75, 3.05) is 12.4 Å². The standard InChI is InChI=1S/C13H22N4O2S/c1-4-13(2,3)15-10(18)8-20-12-14-11(16-17-12)9-6-5-7-19-9/h9H,4-8H2,1-3H3,(H,15,18)(H,14,16,17)/t9-/m1/s1. The normalized spacial score (nSPS) is 19.2. The first-order chi connectivity index (χ1) is 9.50. The molecular weight excluding hydrogens is 276 g/mol. The van der Waals surface area contributed by atoms with Crippen molar-refractivity contribution in [3.05, 3.63) is 5.82 Å². The molecular formula is C13H22N4O2S. The number of rotatable bonds is 6. The molecule has 20 heavy (non-hydrogen) atoms. The molecule has 0 unspecified atom stereocenters. The van der Waals surface area contributed by atoms with E-state index in [0.717, 1.165) is 31.7 Å². The van der Waals surface area contributed by atoms with Gasteiger partial charge in [0, 0.05) is 12.1 Å². The fourth-order valence-corrected chi connectivity index (χ4v) is 2.50. The third-order valence-corrected chi connectivity index (χ3v) is 4.26. The van der Waals surface area contributed by atoms with Gasteiger partial charge < -0.3 is 10.1 Å². The summed E-state index contributed by atoms with van der Waals surface area (Å²) in [4.78, 5) is 16.2. The molecule has 0 radical (unpaired) electrons. The molecule has 6 nitrogen and oxygen atoms in total. The summed E-state index contributed by atoms with van der Waals surface area (Å²) < 4.78 is 5.54. The number of carbonyl (C=O) groups excluding carboxylic acids is 1. The highest BCUT2D eigenvalue weighted by Gasteiger charge is 2.22. The maximum Gasteiger partial charge on any atom is 0.230 e. The van der Waals surface area contributed by atoms with Crippen molar-refractivity contribution < 1.29 is 9.53 Å². The van der Waals surface area contributed by atoms with Gasteiger partial charge in [0.15, 0.2) is 5.82 Å². The van der Waals surface area contributed by atoms with Crippen molar-refractivity contribution in [1.29, 1.82) is 0 Å². The van der Waals surface area contributed by atoms with Gasteiger partial charge in [-0.2, -0.15) is 0 Å². The molecule has 0 saturated carbocycles. The summed E-state index contributed by atoms with van der Waals surface area (Å²) in [5.41, 5.74) is -0.167. The van der Waals surface area contributed by atoms with Crippen LogP contribution in [-0.4, -0.2) is 39.0 Å². The van der Waals surface area contributed by atoms with Gasteiger partial charge in [-0.3, -0.25) is 9.89 Å². The number of ether oxygens (including phenoxy) is 1. The molecule has 112 valence electrons. The molecule has 1 aliphatic heterocycles. The second kappa shape index (κ2) is 6.58. The number of thioether (sulfide) groups is 1. The average Bonchev–Trinajstić information content (AvgIpc) is 3.06. The van der Waals surface area contributed by atoms with Crippen LogP contribution < -0.4 is 5.32 Å². The highest BCUT2D eigenvalue weighted by molar-refractivity contribution is 7.99. The lowest BCUT2D eigenvalue weighted by Gasteiger charge is -2.24. The Kier molecular flexibility index (Phi) is 5.04. The largest absolute Gasteiger partial charge is 0.370 e.